The first kappa shape index (κ1) is 20.3. The molecular weight excluding hydrogens is 399 g/mol. The Morgan fingerprint density at radius 2 is 1.84 bits per heavy atom. The van der Waals surface area contributed by atoms with Crippen molar-refractivity contribution >= 4 is 11.4 Å². The van der Waals surface area contributed by atoms with E-state index in [-0.39, 0.29) is 30.2 Å². The lowest BCUT2D eigenvalue weighted by atomic mass is 10.1. The van der Waals surface area contributed by atoms with Crippen molar-refractivity contribution in [3.63, 3.8) is 0 Å². The van der Waals surface area contributed by atoms with Crippen molar-refractivity contribution in [2.24, 2.45) is 0 Å². The Balaban J connectivity index is 1.41. The molecule has 0 saturated carbocycles. The number of benzene rings is 2. The second-order valence-electron chi connectivity index (χ2n) is 7.04. The van der Waals surface area contributed by atoms with Gasteiger partial charge in [-0.25, -0.2) is 8.91 Å². The summed E-state index contributed by atoms with van der Waals surface area (Å²) in [5.41, 5.74) is 2.40. The van der Waals surface area contributed by atoms with E-state index >= 15 is 0 Å². The topological polar surface area (TPSA) is 77.6 Å². The molecule has 4 aromatic rings. The molecule has 1 amide bonds. The van der Waals surface area contributed by atoms with E-state index in [1.54, 1.807) is 37.7 Å². The van der Waals surface area contributed by atoms with E-state index in [9.17, 15) is 14.0 Å². The van der Waals surface area contributed by atoms with E-state index in [2.05, 4.69) is 10.4 Å². The number of hydrogen-bond acceptors (Lipinski definition) is 4. The molecule has 0 unspecified atom stereocenters. The zero-order chi connectivity index (χ0) is 21.8. The first-order valence-corrected chi connectivity index (χ1v) is 9.78. The smallest absolute Gasteiger partial charge is 0.276 e. The number of nitrogens with one attached hydrogen (secondary N) is 1. The zero-order valence-electron chi connectivity index (χ0n) is 16.9. The fraction of sp³-hybridized carbons (Fsp3) is 0.174. The molecule has 2 heterocycles. The molecule has 0 radical (unpaired) electrons. The molecule has 0 saturated heterocycles. The number of nitrogens with zero attached hydrogens (tertiary/aromatic N) is 3. The Hall–Kier alpha value is -3.94. The van der Waals surface area contributed by atoms with E-state index in [1.165, 1.54) is 21.2 Å². The Labute approximate surface area is 177 Å². The maximum Gasteiger partial charge on any atom is 0.276 e. The van der Waals surface area contributed by atoms with Gasteiger partial charge in [0.1, 0.15) is 17.1 Å². The predicted octanol–water partition coefficient (Wildman–Crippen LogP) is 3.02. The number of ether oxygens (including phenoxy) is 1. The number of halogens is 1. The highest BCUT2D eigenvalue weighted by atomic mass is 19.1. The summed E-state index contributed by atoms with van der Waals surface area (Å²) in [6.45, 7) is 0.654. The number of carbonyl (C=O) groups excluding carboxylic acids is 1. The van der Waals surface area contributed by atoms with Crippen LogP contribution in [0.25, 0.3) is 16.8 Å². The summed E-state index contributed by atoms with van der Waals surface area (Å²) in [4.78, 5) is 25.0. The van der Waals surface area contributed by atoms with Gasteiger partial charge in [-0.2, -0.15) is 5.10 Å². The molecule has 0 bridgehead atoms. The summed E-state index contributed by atoms with van der Waals surface area (Å²) in [5.74, 6) is 0.274. The standard InChI is InChI=1S/C23H21FN4O3/c1-31-19-8-2-16(3-9-19)15-25-22(29)10-11-27-12-13-28-21(23(27)30)14-20(26-28)17-4-6-18(24)7-5-17/h2-9,12-14H,10-11,15H2,1H3,(H,25,29). The number of aryl methyl sites for hydroxylation is 1. The maximum atomic E-state index is 13.1. The van der Waals surface area contributed by atoms with Crippen LogP contribution in [0.3, 0.4) is 0 Å². The summed E-state index contributed by atoms with van der Waals surface area (Å²) < 4.78 is 21.2. The number of carbonyl (C=O) groups is 1. The first-order chi connectivity index (χ1) is 15.0. The average molecular weight is 420 g/mol. The number of hydrogen-bond donors (Lipinski definition) is 1. The van der Waals surface area contributed by atoms with Crippen LogP contribution >= 0.6 is 0 Å². The fourth-order valence-corrected chi connectivity index (χ4v) is 3.22. The molecule has 2 aromatic carbocycles. The summed E-state index contributed by atoms with van der Waals surface area (Å²) in [6.07, 6.45) is 3.44. The van der Waals surface area contributed by atoms with Crippen LogP contribution < -0.4 is 15.6 Å². The van der Waals surface area contributed by atoms with Crippen LogP contribution in [-0.2, 0) is 17.9 Å². The molecule has 0 fully saturated rings. The van der Waals surface area contributed by atoms with Gasteiger partial charge in [0.25, 0.3) is 5.56 Å². The lowest BCUT2D eigenvalue weighted by Gasteiger charge is -2.08. The van der Waals surface area contributed by atoms with Crippen LogP contribution in [0.5, 0.6) is 5.75 Å². The minimum absolute atomic E-state index is 0.150. The number of rotatable bonds is 7. The van der Waals surface area contributed by atoms with Crippen molar-refractivity contribution in [3.8, 4) is 17.0 Å². The van der Waals surface area contributed by atoms with Gasteiger partial charge in [-0.1, -0.05) is 12.1 Å². The van der Waals surface area contributed by atoms with Crippen LogP contribution in [0.15, 0.2) is 71.8 Å². The van der Waals surface area contributed by atoms with Crippen molar-refractivity contribution in [2.75, 3.05) is 7.11 Å². The Kier molecular flexibility index (Phi) is 5.79. The summed E-state index contributed by atoms with van der Waals surface area (Å²) >= 11 is 0. The van der Waals surface area contributed by atoms with Gasteiger partial charge >= 0.3 is 0 Å². The lowest BCUT2D eigenvalue weighted by molar-refractivity contribution is -0.121. The molecule has 2 aromatic heterocycles. The van der Waals surface area contributed by atoms with Crippen molar-refractivity contribution in [2.45, 2.75) is 19.5 Å². The lowest BCUT2D eigenvalue weighted by Crippen LogP contribution is -2.27. The van der Waals surface area contributed by atoms with Crippen molar-refractivity contribution in [3.05, 3.63) is 88.7 Å². The molecule has 7 nitrogen and oxygen atoms in total. The van der Waals surface area contributed by atoms with Crippen LogP contribution in [0, 0.1) is 5.82 Å². The van der Waals surface area contributed by atoms with Gasteiger partial charge in [-0.3, -0.25) is 9.59 Å². The van der Waals surface area contributed by atoms with Gasteiger partial charge in [-0.05, 0) is 48.0 Å². The third-order valence-electron chi connectivity index (χ3n) is 4.97. The summed E-state index contributed by atoms with van der Waals surface area (Å²) in [5, 5.41) is 7.23. The van der Waals surface area contributed by atoms with E-state index in [0.717, 1.165) is 11.3 Å². The quantitative estimate of drug-likeness (QED) is 0.499. The average Bonchev–Trinajstić information content (AvgIpc) is 3.23. The minimum Gasteiger partial charge on any atom is -0.497 e. The fourth-order valence-electron chi connectivity index (χ4n) is 3.22. The predicted molar refractivity (Wildman–Crippen MR) is 114 cm³/mol. The minimum atomic E-state index is -0.333. The number of methoxy groups -OCH3 is 1. The largest absolute Gasteiger partial charge is 0.497 e. The molecule has 0 atom stereocenters. The molecule has 0 aliphatic carbocycles. The normalized spacial score (nSPS) is 10.9. The number of amides is 1. The van der Waals surface area contributed by atoms with E-state index in [0.29, 0.717) is 23.3 Å². The summed E-state index contributed by atoms with van der Waals surface area (Å²) in [6, 6.07) is 15.0. The van der Waals surface area contributed by atoms with E-state index in [1.807, 2.05) is 24.3 Å². The number of aromatic nitrogens is 3. The van der Waals surface area contributed by atoms with Crippen LogP contribution in [0.4, 0.5) is 4.39 Å². The van der Waals surface area contributed by atoms with Crippen molar-refractivity contribution < 1.29 is 13.9 Å². The first-order valence-electron chi connectivity index (χ1n) is 9.78. The molecule has 31 heavy (non-hydrogen) atoms. The van der Waals surface area contributed by atoms with Crippen molar-refractivity contribution in [1.82, 2.24) is 19.5 Å². The molecule has 0 aliphatic rings. The molecule has 1 N–H and O–H groups in total. The molecule has 4 rings (SSSR count). The summed E-state index contributed by atoms with van der Waals surface area (Å²) in [7, 11) is 1.60. The van der Waals surface area contributed by atoms with Gasteiger partial charge < -0.3 is 14.6 Å². The van der Waals surface area contributed by atoms with Crippen LogP contribution in [-0.4, -0.2) is 27.2 Å². The highest BCUT2D eigenvalue weighted by Gasteiger charge is 2.10. The second-order valence-corrected chi connectivity index (χ2v) is 7.04. The second kappa shape index (κ2) is 8.83. The van der Waals surface area contributed by atoms with Gasteiger partial charge in [0, 0.05) is 37.5 Å². The zero-order valence-corrected chi connectivity index (χ0v) is 16.9. The molecule has 8 heteroatoms. The molecule has 158 valence electrons. The Bertz CT molecular complexity index is 1260. The monoisotopic (exact) mass is 420 g/mol. The van der Waals surface area contributed by atoms with E-state index in [4.69, 9.17) is 4.74 Å². The van der Waals surface area contributed by atoms with Crippen LogP contribution in [0.2, 0.25) is 0 Å². The van der Waals surface area contributed by atoms with Gasteiger partial charge in [0.05, 0.1) is 12.8 Å². The highest BCUT2D eigenvalue weighted by molar-refractivity contribution is 5.75. The van der Waals surface area contributed by atoms with Crippen molar-refractivity contribution in [1.29, 1.82) is 0 Å². The van der Waals surface area contributed by atoms with Gasteiger partial charge in [0.15, 0.2) is 0 Å². The van der Waals surface area contributed by atoms with Gasteiger partial charge in [-0.15, -0.1) is 0 Å². The highest BCUT2D eigenvalue weighted by Crippen LogP contribution is 2.18. The van der Waals surface area contributed by atoms with E-state index < -0.39 is 0 Å². The van der Waals surface area contributed by atoms with Gasteiger partial charge in [0.2, 0.25) is 5.91 Å². The maximum absolute atomic E-state index is 13.1. The third kappa shape index (κ3) is 4.63. The molecule has 0 spiro atoms. The number of fused-ring (bicyclic) bond motifs is 1. The Morgan fingerprint density at radius 1 is 1.10 bits per heavy atom. The van der Waals surface area contributed by atoms with Crippen LogP contribution in [0.1, 0.15) is 12.0 Å². The molecular formula is C23H21FN4O3. The molecule has 0 aliphatic heterocycles. The SMILES string of the molecule is COc1ccc(CNC(=O)CCn2ccn3nc(-c4ccc(F)cc4)cc3c2=O)cc1. The Morgan fingerprint density at radius 3 is 2.55 bits per heavy atom. The third-order valence-corrected chi connectivity index (χ3v) is 4.97.